The molecule has 0 unspecified atom stereocenters. The maximum atomic E-state index is 13.6. The minimum atomic E-state index is -4.80. The molecule has 2 aromatic heterocycles. The van der Waals surface area contributed by atoms with Crippen LogP contribution in [0.5, 0.6) is 0 Å². The molecule has 2 saturated heterocycles. The molecule has 2 aliphatic heterocycles. The number of fused-ring (bicyclic) bond motifs is 1. The van der Waals surface area contributed by atoms with Gasteiger partial charge in [0.05, 0.1) is 46.3 Å². The molecule has 4 heterocycles. The van der Waals surface area contributed by atoms with Gasteiger partial charge in [0, 0.05) is 63.0 Å². The summed E-state index contributed by atoms with van der Waals surface area (Å²) in [5.41, 5.74) is -1.19. The first-order valence-electron chi connectivity index (χ1n) is 14.3. The van der Waals surface area contributed by atoms with Gasteiger partial charge in [0.2, 0.25) is 0 Å². The zero-order valence-electron chi connectivity index (χ0n) is 24.2. The number of imidazole rings is 1. The number of aliphatic hydroxyl groups excluding tert-OH is 1. The molecule has 1 aromatic carbocycles. The Labute approximate surface area is 264 Å². The monoisotopic (exact) mass is 660 g/mol. The number of carbonyl (C=O) groups is 3. The number of β-amino-alcohol motifs (C(OH)–C–C–N with tert-alkyl or cyclic N) is 1. The van der Waals surface area contributed by atoms with Crippen molar-refractivity contribution in [3.8, 4) is 17.3 Å². The summed E-state index contributed by atoms with van der Waals surface area (Å²) in [6.45, 7) is 1.49. The standard InChI is InChI=1S/C28H28ClF3N10O4/c1-40-20(17-12-42(5-4-33)39-23(17)28(30,31)32)8-35-24(40)26(45)36-13-2-3-14(18(29)6-13)25(44)38-22-15-10-41(11-16(15)22)27(46)37-19-7-34-9-21(19)43/h2-3,6,8,12,15-16,19,21-22,34,43H,5,7,9-11H2,1H3,(H,36,45)(H,37,46)(H,38,44)/t15-,16+,19-,21-,22+/m1/s1. The molecule has 4 amide bonds. The number of alkyl halides is 3. The van der Waals surface area contributed by atoms with E-state index in [0.717, 1.165) is 17.1 Å². The Morgan fingerprint density at radius 2 is 1.91 bits per heavy atom. The second-order valence-corrected chi connectivity index (χ2v) is 11.8. The van der Waals surface area contributed by atoms with E-state index in [2.05, 4.69) is 31.3 Å². The zero-order chi connectivity index (χ0) is 32.9. The smallest absolute Gasteiger partial charge is 0.390 e. The second-order valence-electron chi connectivity index (χ2n) is 11.4. The van der Waals surface area contributed by atoms with Crippen molar-refractivity contribution >= 4 is 35.1 Å². The summed E-state index contributed by atoms with van der Waals surface area (Å²) in [6.07, 6.45) is -3.26. The highest BCUT2D eigenvalue weighted by molar-refractivity contribution is 6.34. The number of aliphatic hydroxyl groups is 1. The van der Waals surface area contributed by atoms with E-state index in [4.69, 9.17) is 16.9 Å². The fraction of sp³-hybridized carbons (Fsp3) is 0.429. The number of aromatic nitrogens is 4. The Hall–Kier alpha value is -4.66. The molecular weight excluding hydrogens is 633 g/mol. The number of rotatable bonds is 7. The fourth-order valence-electron chi connectivity index (χ4n) is 6.00. The molecule has 3 aromatic rings. The van der Waals surface area contributed by atoms with Gasteiger partial charge in [-0.2, -0.15) is 23.5 Å². The Bertz CT molecular complexity index is 1740. The van der Waals surface area contributed by atoms with Gasteiger partial charge in [0.15, 0.2) is 11.5 Å². The van der Waals surface area contributed by atoms with Crippen LogP contribution < -0.4 is 21.3 Å². The molecule has 0 spiro atoms. The Kier molecular flexibility index (Phi) is 8.12. The number of hydrogen-bond donors (Lipinski definition) is 5. The molecule has 18 heteroatoms. The third-order valence-electron chi connectivity index (χ3n) is 8.47. The molecule has 5 N–H and O–H groups in total. The first kappa shape index (κ1) is 31.3. The van der Waals surface area contributed by atoms with Crippen molar-refractivity contribution in [3.05, 3.63) is 52.7 Å². The van der Waals surface area contributed by atoms with E-state index in [1.54, 1.807) is 11.0 Å². The van der Waals surface area contributed by atoms with Crippen LogP contribution >= 0.6 is 11.6 Å². The third-order valence-corrected chi connectivity index (χ3v) is 8.78. The Morgan fingerprint density at radius 1 is 1.17 bits per heavy atom. The van der Waals surface area contributed by atoms with Gasteiger partial charge in [0.25, 0.3) is 11.8 Å². The van der Waals surface area contributed by atoms with E-state index in [9.17, 15) is 32.7 Å². The lowest BCUT2D eigenvalue weighted by Crippen LogP contribution is -2.49. The van der Waals surface area contributed by atoms with Gasteiger partial charge < -0.3 is 35.8 Å². The SMILES string of the molecule is Cn1c(-c2cn(CC#N)nc2C(F)(F)F)cnc1C(=O)Nc1ccc(C(=O)N[C@H]2[C@@H]3CN(C(=O)N[C@@H]4CNC[C@H]4O)C[C@@H]32)c(Cl)c1. The van der Waals surface area contributed by atoms with Gasteiger partial charge in [-0.15, -0.1) is 0 Å². The average molecular weight is 661 g/mol. The maximum absolute atomic E-state index is 13.6. The summed E-state index contributed by atoms with van der Waals surface area (Å²) in [6, 6.07) is 5.31. The van der Waals surface area contributed by atoms with Gasteiger partial charge in [-0.3, -0.25) is 14.3 Å². The number of carbonyl (C=O) groups excluding carboxylic acids is 3. The first-order chi connectivity index (χ1) is 21.8. The third kappa shape index (κ3) is 5.98. The summed E-state index contributed by atoms with van der Waals surface area (Å²) in [5, 5.41) is 33.7. The van der Waals surface area contributed by atoms with Crippen molar-refractivity contribution in [1.29, 1.82) is 5.26 Å². The van der Waals surface area contributed by atoms with Crippen LogP contribution in [-0.2, 0) is 19.8 Å². The molecule has 0 bridgehead atoms. The van der Waals surface area contributed by atoms with Gasteiger partial charge in [-0.1, -0.05) is 11.6 Å². The zero-order valence-corrected chi connectivity index (χ0v) is 24.9. The summed E-state index contributed by atoms with van der Waals surface area (Å²) in [5.74, 6) is -1.14. The number of nitriles is 1. The lowest BCUT2D eigenvalue weighted by Gasteiger charge is -2.24. The highest BCUT2D eigenvalue weighted by Crippen LogP contribution is 2.45. The van der Waals surface area contributed by atoms with Crippen molar-refractivity contribution in [1.82, 2.24) is 40.2 Å². The van der Waals surface area contributed by atoms with Crippen molar-refractivity contribution in [3.63, 3.8) is 0 Å². The molecule has 0 radical (unpaired) electrons. The number of piperidine rings is 1. The van der Waals surface area contributed by atoms with Gasteiger partial charge >= 0.3 is 12.2 Å². The van der Waals surface area contributed by atoms with Crippen molar-refractivity contribution < 1.29 is 32.7 Å². The van der Waals surface area contributed by atoms with Crippen LogP contribution in [0.3, 0.4) is 0 Å². The molecule has 242 valence electrons. The number of benzene rings is 1. The van der Waals surface area contributed by atoms with E-state index in [0.29, 0.717) is 26.2 Å². The molecule has 3 fully saturated rings. The molecule has 6 rings (SSSR count). The lowest BCUT2D eigenvalue weighted by molar-refractivity contribution is -0.141. The van der Waals surface area contributed by atoms with Crippen LogP contribution in [0.15, 0.2) is 30.6 Å². The fourth-order valence-corrected chi connectivity index (χ4v) is 6.27. The minimum Gasteiger partial charge on any atom is -0.390 e. The van der Waals surface area contributed by atoms with Crippen molar-refractivity contribution in [2.24, 2.45) is 18.9 Å². The minimum absolute atomic E-state index is 0.0368. The quantitative estimate of drug-likeness (QED) is 0.252. The van der Waals surface area contributed by atoms with Crippen LogP contribution in [-0.4, -0.2) is 91.6 Å². The number of nitrogens with one attached hydrogen (secondary N) is 4. The highest BCUT2D eigenvalue weighted by Gasteiger charge is 2.57. The molecule has 3 aliphatic rings. The van der Waals surface area contributed by atoms with Gasteiger partial charge in [-0.25, -0.2) is 9.78 Å². The highest BCUT2D eigenvalue weighted by atomic mass is 35.5. The number of likely N-dealkylation sites (tertiary alicyclic amines) is 1. The molecule has 1 saturated carbocycles. The predicted octanol–water partition coefficient (Wildman–Crippen LogP) is 1.43. The number of halogens is 4. The van der Waals surface area contributed by atoms with E-state index in [1.807, 2.05) is 0 Å². The van der Waals surface area contributed by atoms with Crippen LogP contribution in [0.1, 0.15) is 26.7 Å². The van der Waals surface area contributed by atoms with E-state index in [1.165, 1.54) is 29.8 Å². The topological polar surface area (TPSA) is 182 Å². The number of anilines is 1. The molecule has 46 heavy (non-hydrogen) atoms. The average Bonchev–Trinajstić information content (AvgIpc) is 3.55. The van der Waals surface area contributed by atoms with Crippen LogP contribution in [0.4, 0.5) is 23.7 Å². The summed E-state index contributed by atoms with van der Waals surface area (Å²) >= 11 is 6.38. The first-order valence-corrected chi connectivity index (χ1v) is 14.6. The molecule has 14 nitrogen and oxygen atoms in total. The Morgan fingerprint density at radius 3 is 2.54 bits per heavy atom. The number of amides is 4. The normalized spacial score (nSPS) is 23.5. The summed E-state index contributed by atoms with van der Waals surface area (Å²) in [7, 11) is 1.37. The van der Waals surface area contributed by atoms with Crippen molar-refractivity contribution in [2.45, 2.75) is 30.9 Å². The summed E-state index contributed by atoms with van der Waals surface area (Å²) in [4.78, 5) is 44.2. The van der Waals surface area contributed by atoms with E-state index >= 15 is 0 Å². The predicted molar refractivity (Wildman–Crippen MR) is 155 cm³/mol. The van der Waals surface area contributed by atoms with Crippen LogP contribution in [0.2, 0.25) is 5.02 Å². The number of hydrogen-bond acceptors (Lipinski definition) is 8. The molecule has 1 aliphatic carbocycles. The molecule has 5 atom stereocenters. The summed E-state index contributed by atoms with van der Waals surface area (Å²) < 4.78 is 42.9. The van der Waals surface area contributed by atoms with Gasteiger partial charge in [0.1, 0.15) is 6.54 Å². The largest absolute Gasteiger partial charge is 0.435 e. The van der Waals surface area contributed by atoms with Crippen LogP contribution in [0, 0.1) is 23.2 Å². The van der Waals surface area contributed by atoms with Crippen molar-refractivity contribution in [2.75, 3.05) is 31.5 Å². The van der Waals surface area contributed by atoms with Crippen LogP contribution in [0.25, 0.3) is 11.3 Å². The second kappa shape index (κ2) is 11.9. The number of urea groups is 1. The number of nitrogens with zero attached hydrogens (tertiary/aromatic N) is 6. The Balaban J connectivity index is 1.06. The maximum Gasteiger partial charge on any atom is 0.435 e. The van der Waals surface area contributed by atoms with E-state index in [-0.39, 0.29) is 63.3 Å². The lowest BCUT2D eigenvalue weighted by atomic mass is 10.2. The van der Waals surface area contributed by atoms with Gasteiger partial charge in [-0.05, 0) is 18.2 Å². The van der Waals surface area contributed by atoms with E-state index < -0.39 is 36.3 Å². The molecular formula is C28H28ClF3N10O4.